The van der Waals surface area contributed by atoms with E-state index < -0.39 is 60.3 Å². The fourth-order valence-electron chi connectivity index (χ4n) is 6.22. The zero-order chi connectivity index (χ0) is 44.8. The maximum atomic E-state index is 13.7. The van der Waals surface area contributed by atoms with Gasteiger partial charge in [-0.3, -0.25) is 4.55 Å². The van der Waals surface area contributed by atoms with Crippen molar-refractivity contribution in [1.82, 2.24) is 29.1 Å². The first-order chi connectivity index (χ1) is 28.8. The van der Waals surface area contributed by atoms with E-state index in [4.69, 9.17) is 52.1 Å². The highest BCUT2D eigenvalue weighted by atomic mass is 35.5. The van der Waals surface area contributed by atoms with Crippen LogP contribution in [0, 0.1) is 23.3 Å². The number of hydrogen-bond donors (Lipinski definition) is 4. The van der Waals surface area contributed by atoms with E-state index in [1.807, 2.05) is 0 Å². The fourth-order valence-corrected chi connectivity index (χ4v) is 8.75. The molecule has 0 aliphatic heterocycles. The molecule has 2 aromatic heterocycles. The zero-order valence-corrected chi connectivity index (χ0v) is 36.7. The number of H-pyrrole nitrogens is 1. The van der Waals surface area contributed by atoms with Gasteiger partial charge in [0.15, 0.2) is 10.1 Å². The van der Waals surface area contributed by atoms with E-state index in [1.165, 1.54) is 94.9 Å². The Morgan fingerprint density at radius 3 is 1.59 bits per heavy atom. The number of aromatic amines is 1. The Hall–Kier alpha value is -4.08. The second-order valence-corrected chi connectivity index (χ2v) is 18.4. The molecule has 0 spiro atoms. The van der Waals surface area contributed by atoms with Crippen molar-refractivity contribution in [2.75, 3.05) is 33.7 Å². The average Bonchev–Trinajstić information content (AvgIpc) is 3.88. The molecule has 0 saturated heterocycles. The molecular formula is C39H37Cl4F4N7O5S2. The van der Waals surface area contributed by atoms with Gasteiger partial charge in [0.05, 0.1) is 44.3 Å². The van der Waals surface area contributed by atoms with Crippen LogP contribution in [0.15, 0.2) is 95.2 Å². The summed E-state index contributed by atoms with van der Waals surface area (Å²) in [6.45, 7) is 1.12. The lowest BCUT2D eigenvalue weighted by Crippen LogP contribution is -2.29. The van der Waals surface area contributed by atoms with Gasteiger partial charge in [0.1, 0.15) is 34.9 Å². The number of aromatic nitrogens is 4. The predicted octanol–water partition coefficient (Wildman–Crippen LogP) is 8.26. The molecule has 61 heavy (non-hydrogen) atoms. The lowest BCUT2D eigenvalue weighted by molar-refractivity contribution is 0.461. The second kappa shape index (κ2) is 20.4. The number of halogens is 8. The number of imidazole rings is 2. The first-order valence-electron chi connectivity index (χ1n) is 18.0. The minimum absolute atomic E-state index is 0.114. The first-order valence-corrected chi connectivity index (χ1v) is 22.4. The van der Waals surface area contributed by atoms with Crippen molar-refractivity contribution in [2.45, 2.75) is 34.9 Å². The topological polar surface area (TPSA) is 176 Å². The standard InChI is InChI=1S/C20H20Cl2F2N4O2S.C19H17Cl2F2N3O3S/c1-28(8-2-7-25)31(29,30)18-11-26-20(27-18)19(12-3-5-16(23)14(21)9-12)13-4-6-17(24)15(22)10-13;1-24-6-7-26-17(30(27,28)29)10-25-19(26)18(11-2-4-15(22)13(20)8-11)12-3-5-16(23)14(21)9-12/h3-6,9-11,19H,2,7-8,25H2,1H3,(H,26,27);2-5,8-10,18,24H,6-7H2,1H3,(H,27,28,29). The van der Waals surface area contributed by atoms with Gasteiger partial charge in [0.25, 0.3) is 10.0 Å². The molecule has 6 rings (SSSR count). The molecule has 0 unspecified atom stereocenters. The summed E-state index contributed by atoms with van der Waals surface area (Å²) in [5.74, 6) is -3.47. The molecule has 2 heterocycles. The zero-order valence-electron chi connectivity index (χ0n) is 32.1. The molecule has 0 amide bonds. The van der Waals surface area contributed by atoms with Crippen molar-refractivity contribution in [1.29, 1.82) is 0 Å². The van der Waals surface area contributed by atoms with E-state index in [-0.39, 0.29) is 49.9 Å². The number of nitrogens with one attached hydrogen (secondary N) is 2. The van der Waals surface area contributed by atoms with Crippen molar-refractivity contribution in [3.63, 3.8) is 0 Å². The van der Waals surface area contributed by atoms with Crippen LogP contribution in [-0.2, 0) is 26.7 Å². The van der Waals surface area contributed by atoms with Crippen molar-refractivity contribution in [3.05, 3.63) is 162 Å². The van der Waals surface area contributed by atoms with Crippen LogP contribution in [-0.4, -0.2) is 78.9 Å². The largest absolute Gasteiger partial charge is 0.331 e. The molecule has 5 N–H and O–H groups in total. The second-order valence-electron chi connectivity index (χ2n) is 13.3. The van der Waals surface area contributed by atoms with E-state index in [0.717, 1.165) is 6.20 Å². The lowest BCUT2D eigenvalue weighted by Gasteiger charge is -2.21. The van der Waals surface area contributed by atoms with Gasteiger partial charge in [0, 0.05) is 26.7 Å². The molecule has 0 aliphatic rings. The van der Waals surface area contributed by atoms with Crippen LogP contribution in [0.2, 0.25) is 20.1 Å². The molecule has 0 radical (unpaired) electrons. The van der Waals surface area contributed by atoms with Gasteiger partial charge in [-0.1, -0.05) is 70.7 Å². The van der Waals surface area contributed by atoms with E-state index in [2.05, 4.69) is 20.3 Å². The third-order valence-electron chi connectivity index (χ3n) is 9.28. The van der Waals surface area contributed by atoms with Gasteiger partial charge in [-0.05, 0) is 90.8 Å². The minimum atomic E-state index is -4.57. The Bertz CT molecular complexity index is 2640. The van der Waals surface area contributed by atoms with Crippen LogP contribution in [0.25, 0.3) is 0 Å². The van der Waals surface area contributed by atoms with E-state index in [9.17, 15) is 39.0 Å². The summed E-state index contributed by atoms with van der Waals surface area (Å²) >= 11 is 23.8. The lowest BCUT2D eigenvalue weighted by atomic mass is 9.90. The number of sulfonamides is 1. The highest BCUT2D eigenvalue weighted by Crippen LogP contribution is 2.37. The smallest absolute Gasteiger partial charge is 0.311 e. The molecular weight excluding hydrogens is 928 g/mol. The molecule has 326 valence electrons. The van der Waals surface area contributed by atoms with Gasteiger partial charge >= 0.3 is 10.1 Å². The van der Waals surface area contributed by atoms with Crippen molar-refractivity contribution < 1.29 is 39.0 Å². The monoisotopic (exact) mass is 963 g/mol. The fraction of sp³-hybridized carbons (Fsp3) is 0.231. The molecule has 0 saturated carbocycles. The van der Waals surface area contributed by atoms with Gasteiger partial charge in [-0.15, -0.1) is 0 Å². The summed E-state index contributed by atoms with van der Waals surface area (Å²) < 4.78 is 116. The first kappa shape index (κ1) is 48.0. The third kappa shape index (κ3) is 11.3. The summed E-state index contributed by atoms with van der Waals surface area (Å²) in [6.07, 6.45) is 2.73. The summed E-state index contributed by atoms with van der Waals surface area (Å²) in [4.78, 5) is 11.3. The van der Waals surface area contributed by atoms with E-state index >= 15 is 0 Å². The summed E-state index contributed by atoms with van der Waals surface area (Å²) in [5, 5.41) is 1.86. The Morgan fingerprint density at radius 2 is 1.20 bits per heavy atom. The number of nitrogens with two attached hydrogens (primary N) is 1. The number of benzene rings is 4. The highest BCUT2D eigenvalue weighted by molar-refractivity contribution is 7.89. The van der Waals surface area contributed by atoms with Crippen molar-refractivity contribution >= 4 is 66.5 Å². The number of rotatable bonds is 15. The highest BCUT2D eigenvalue weighted by Gasteiger charge is 2.30. The van der Waals surface area contributed by atoms with Crippen LogP contribution in [0.3, 0.4) is 0 Å². The van der Waals surface area contributed by atoms with Crippen molar-refractivity contribution in [2.24, 2.45) is 5.73 Å². The van der Waals surface area contributed by atoms with E-state index in [1.54, 1.807) is 7.05 Å². The minimum Gasteiger partial charge on any atom is -0.331 e. The Morgan fingerprint density at radius 1 is 0.754 bits per heavy atom. The van der Waals surface area contributed by atoms with Crippen LogP contribution in [0.1, 0.15) is 52.2 Å². The van der Waals surface area contributed by atoms with Crippen LogP contribution in [0.4, 0.5) is 17.6 Å². The number of nitrogens with zero attached hydrogens (tertiary/aromatic N) is 4. The predicted molar refractivity (Wildman–Crippen MR) is 226 cm³/mol. The van der Waals surface area contributed by atoms with Gasteiger partial charge < -0.3 is 20.6 Å². The normalized spacial score (nSPS) is 12.0. The number of likely N-dealkylation sites (N-methyl/N-ethyl adjacent to an activating group) is 1. The van der Waals surface area contributed by atoms with Crippen LogP contribution in [0.5, 0.6) is 0 Å². The Labute approximate surface area is 369 Å². The number of hydrogen-bond acceptors (Lipinski definition) is 8. The maximum absolute atomic E-state index is 13.7. The quantitative estimate of drug-likeness (QED) is 0.0583. The Balaban J connectivity index is 0.000000231. The summed E-state index contributed by atoms with van der Waals surface area (Å²) in [6, 6.07) is 16.2. The Kier molecular flexibility index (Phi) is 16.0. The molecule has 6 aromatic rings. The summed E-state index contributed by atoms with van der Waals surface area (Å²) in [5.41, 5.74) is 7.44. The molecule has 0 aliphatic carbocycles. The van der Waals surface area contributed by atoms with Crippen molar-refractivity contribution in [3.8, 4) is 0 Å². The van der Waals surface area contributed by atoms with E-state index in [0.29, 0.717) is 41.8 Å². The molecule has 4 aromatic carbocycles. The molecule has 22 heteroatoms. The van der Waals surface area contributed by atoms with Gasteiger partial charge in [-0.25, -0.2) is 35.9 Å². The molecule has 0 fully saturated rings. The van der Waals surface area contributed by atoms with Gasteiger partial charge in [0.2, 0.25) is 0 Å². The maximum Gasteiger partial charge on any atom is 0.311 e. The molecule has 12 nitrogen and oxygen atoms in total. The third-order valence-corrected chi connectivity index (χ3v) is 13.1. The molecule has 0 atom stereocenters. The average molecular weight is 966 g/mol. The SMILES string of the molecule is CN(CCCN)S(=O)(=O)c1cnc(C(c2ccc(F)c(Cl)c2)c2ccc(F)c(Cl)c2)[nH]1.CNCCn1c(S(=O)(=O)O)cnc1C(c1ccc(F)c(Cl)c1)c1ccc(F)c(Cl)c1. The van der Waals surface area contributed by atoms with Gasteiger partial charge in [-0.2, -0.15) is 12.7 Å². The summed E-state index contributed by atoms with van der Waals surface area (Å²) in [7, 11) is -5.27. The molecule has 0 bridgehead atoms. The van der Waals surface area contributed by atoms with Crippen LogP contribution >= 0.6 is 46.4 Å². The van der Waals surface area contributed by atoms with Crippen LogP contribution < -0.4 is 11.1 Å².